The molecule has 1 aromatic carbocycles. The maximum atomic E-state index is 6.35. The Morgan fingerprint density at radius 1 is 1.22 bits per heavy atom. The minimum atomic E-state index is 0.382. The molecule has 2 heteroatoms. The van der Waals surface area contributed by atoms with Crippen molar-refractivity contribution in [3.05, 3.63) is 41.6 Å². The lowest BCUT2D eigenvalue weighted by Gasteiger charge is -2.37. The van der Waals surface area contributed by atoms with Gasteiger partial charge in [0.25, 0.3) is 0 Å². The van der Waals surface area contributed by atoms with E-state index >= 15 is 0 Å². The third-order valence-corrected chi connectivity index (χ3v) is 5.38. The van der Waals surface area contributed by atoms with Gasteiger partial charge in [-0.15, -0.1) is 0 Å². The smallest absolute Gasteiger partial charge is 0.0892 e. The molecule has 0 spiro atoms. The van der Waals surface area contributed by atoms with Gasteiger partial charge in [0.15, 0.2) is 0 Å². The summed E-state index contributed by atoms with van der Waals surface area (Å²) in [6.07, 6.45) is 4.21. The third kappa shape index (κ3) is 3.74. The number of ether oxygens (including phenoxy) is 1. The average molecular weight is 311 g/mol. The first-order valence-electron chi connectivity index (χ1n) is 9.01. The molecule has 0 N–H and O–H groups in total. The number of pyridine rings is 1. The summed E-state index contributed by atoms with van der Waals surface area (Å²) >= 11 is 0. The zero-order chi connectivity index (χ0) is 16.4. The monoisotopic (exact) mass is 311 g/mol. The van der Waals surface area contributed by atoms with Gasteiger partial charge >= 0.3 is 0 Å². The molecule has 0 amide bonds. The molecule has 0 radical (unpaired) electrons. The van der Waals surface area contributed by atoms with Crippen molar-refractivity contribution in [3.8, 4) is 0 Å². The van der Waals surface area contributed by atoms with Gasteiger partial charge in [0, 0.05) is 5.39 Å². The van der Waals surface area contributed by atoms with Crippen LogP contribution in [0.2, 0.25) is 0 Å². The topological polar surface area (TPSA) is 22.1 Å². The van der Waals surface area contributed by atoms with Crippen molar-refractivity contribution in [2.75, 3.05) is 0 Å². The Balaban J connectivity index is 1.74. The number of fused-ring (bicyclic) bond motifs is 1. The zero-order valence-corrected chi connectivity index (χ0v) is 14.9. The molecule has 1 heterocycles. The fraction of sp³-hybridized carbons (Fsp3) is 0.571. The van der Waals surface area contributed by atoms with Crippen LogP contribution in [-0.4, -0.2) is 11.1 Å². The number of hydrogen-bond donors (Lipinski definition) is 0. The third-order valence-electron chi connectivity index (χ3n) is 5.38. The minimum Gasteiger partial charge on any atom is -0.372 e. The summed E-state index contributed by atoms with van der Waals surface area (Å²) in [5.41, 5.74) is 3.41. The largest absolute Gasteiger partial charge is 0.372 e. The quantitative estimate of drug-likeness (QED) is 0.741. The molecule has 0 saturated heterocycles. The normalized spacial score (nSPS) is 25.2. The number of aryl methyl sites for hydroxylation is 1. The van der Waals surface area contributed by atoms with Crippen molar-refractivity contribution in [2.24, 2.45) is 17.8 Å². The second kappa shape index (κ2) is 7.00. The number of aromatic nitrogens is 1. The summed E-state index contributed by atoms with van der Waals surface area (Å²) in [4.78, 5) is 4.78. The van der Waals surface area contributed by atoms with Crippen LogP contribution in [0.5, 0.6) is 0 Å². The summed E-state index contributed by atoms with van der Waals surface area (Å²) in [5, 5.41) is 1.24. The molecule has 1 aliphatic rings. The maximum absolute atomic E-state index is 6.35. The average Bonchev–Trinajstić information content (AvgIpc) is 2.53. The van der Waals surface area contributed by atoms with Crippen LogP contribution in [0.1, 0.15) is 51.3 Å². The van der Waals surface area contributed by atoms with Crippen molar-refractivity contribution >= 4 is 10.9 Å². The van der Waals surface area contributed by atoms with Gasteiger partial charge in [-0.05, 0) is 55.2 Å². The van der Waals surface area contributed by atoms with Gasteiger partial charge in [0.2, 0.25) is 0 Å². The number of para-hydroxylation sites is 1. The molecular weight excluding hydrogens is 282 g/mol. The zero-order valence-electron chi connectivity index (χ0n) is 14.9. The van der Waals surface area contributed by atoms with Gasteiger partial charge in [0.05, 0.1) is 23.9 Å². The van der Waals surface area contributed by atoms with Crippen molar-refractivity contribution in [3.63, 3.8) is 0 Å². The molecule has 0 bridgehead atoms. The molecule has 1 aliphatic carbocycles. The first-order chi connectivity index (χ1) is 11.0. The Hall–Kier alpha value is -1.41. The summed E-state index contributed by atoms with van der Waals surface area (Å²) in [6, 6.07) is 10.5. The van der Waals surface area contributed by atoms with E-state index < -0.39 is 0 Å². The molecule has 2 nitrogen and oxygen atoms in total. The molecule has 23 heavy (non-hydrogen) atoms. The predicted octanol–water partition coefficient (Wildman–Crippen LogP) is 5.52. The molecule has 124 valence electrons. The highest BCUT2D eigenvalue weighted by molar-refractivity contribution is 5.81. The van der Waals surface area contributed by atoms with E-state index in [-0.39, 0.29) is 0 Å². The Kier molecular flexibility index (Phi) is 5.01. The van der Waals surface area contributed by atoms with E-state index in [9.17, 15) is 0 Å². The first-order valence-corrected chi connectivity index (χ1v) is 9.01. The van der Waals surface area contributed by atoms with E-state index in [1.165, 1.54) is 30.2 Å². The van der Waals surface area contributed by atoms with Crippen LogP contribution in [0.3, 0.4) is 0 Å². The lowest BCUT2D eigenvalue weighted by Crippen LogP contribution is -2.34. The number of hydrogen-bond acceptors (Lipinski definition) is 2. The molecule has 0 aliphatic heterocycles. The predicted molar refractivity (Wildman–Crippen MR) is 96.4 cm³/mol. The fourth-order valence-corrected chi connectivity index (χ4v) is 3.99. The van der Waals surface area contributed by atoms with E-state index in [4.69, 9.17) is 9.72 Å². The number of nitrogens with zero attached hydrogens (tertiary/aromatic N) is 1. The van der Waals surface area contributed by atoms with E-state index in [0.29, 0.717) is 24.5 Å². The van der Waals surface area contributed by atoms with Crippen molar-refractivity contribution in [1.82, 2.24) is 4.98 Å². The van der Waals surface area contributed by atoms with Crippen LogP contribution >= 0.6 is 0 Å². The van der Waals surface area contributed by atoms with E-state index in [2.05, 4.69) is 58.0 Å². The van der Waals surface area contributed by atoms with Crippen LogP contribution in [0.25, 0.3) is 10.9 Å². The molecule has 3 atom stereocenters. The van der Waals surface area contributed by atoms with Gasteiger partial charge in [-0.1, -0.05) is 45.4 Å². The van der Waals surface area contributed by atoms with E-state index in [0.717, 1.165) is 17.1 Å². The SMILES string of the molecule is Cc1cc(CO[C@@H]2C[C@H](C)CC[C@H]2C(C)C)nc2ccccc12. The van der Waals surface area contributed by atoms with Crippen molar-refractivity contribution in [1.29, 1.82) is 0 Å². The molecule has 2 aromatic rings. The molecular formula is C21H29NO. The molecule has 0 unspecified atom stereocenters. The summed E-state index contributed by atoms with van der Waals surface area (Å²) < 4.78 is 6.35. The van der Waals surface area contributed by atoms with Crippen LogP contribution in [-0.2, 0) is 11.3 Å². The summed E-state index contributed by atoms with van der Waals surface area (Å²) in [7, 11) is 0. The van der Waals surface area contributed by atoms with Gasteiger partial charge < -0.3 is 4.74 Å². The molecule has 3 rings (SSSR count). The minimum absolute atomic E-state index is 0.382. The van der Waals surface area contributed by atoms with Gasteiger partial charge in [-0.25, -0.2) is 0 Å². The standard InChI is InChI=1S/C21H29NO/c1-14(2)18-10-9-15(3)11-21(18)23-13-17-12-16(4)19-7-5-6-8-20(19)22-17/h5-8,12,14-15,18,21H,9-11,13H2,1-4H3/t15-,18+,21-/m1/s1. The number of benzene rings is 1. The summed E-state index contributed by atoms with van der Waals surface area (Å²) in [6.45, 7) is 9.80. The Morgan fingerprint density at radius 3 is 2.78 bits per heavy atom. The molecule has 1 fully saturated rings. The first kappa shape index (κ1) is 16.4. The lowest BCUT2D eigenvalue weighted by molar-refractivity contribution is -0.0482. The van der Waals surface area contributed by atoms with Gasteiger partial charge in [-0.3, -0.25) is 4.98 Å². The summed E-state index contributed by atoms with van der Waals surface area (Å²) in [5.74, 6) is 2.16. The Labute approximate surface area is 140 Å². The highest BCUT2D eigenvalue weighted by atomic mass is 16.5. The number of rotatable bonds is 4. The highest BCUT2D eigenvalue weighted by Crippen LogP contribution is 2.35. The maximum Gasteiger partial charge on any atom is 0.0892 e. The van der Waals surface area contributed by atoms with Crippen LogP contribution < -0.4 is 0 Å². The van der Waals surface area contributed by atoms with Crippen molar-refractivity contribution < 1.29 is 4.74 Å². The van der Waals surface area contributed by atoms with Crippen LogP contribution in [0.15, 0.2) is 30.3 Å². The van der Waals surface area contributed by atoms with Gasteiger partial charge in [-0.2, -0.15) is 0 Å². The van der Waals surface area contributed by atoms with Crippen LogP contribution in [0, 0.1) is 24.7 Å². The Bertz CT molecular complexity index is 664. The lowest BCUT2D eigenvalue weighted by atomic mass is 9.75. The van der Waals surface area contributed by atoms with E-state index in [1.54, 1.807) is 0 Å². The van der Waals surface area contributed by atoms with Crippen molar-refractivity contribution in [2.45, 2.75) is 59.7 Å². The molecule has 1 aromatic heterocycles. The highest BCUT2D eigenvalue weighted by Gasteiger charge is 2.31. The van der Waals surface area contributed by atoms with Crippen LogP contribution in [0.4, 0.5) is 0 Å². The van der Waals surface area contributed by atoms with E-state index in [1.807, 2.05) is 0 Å². The van der Waals surface area contributed by atoms with Gasteiger partial charge in [0.1, 0.15) is 0 Å². The molecule has 1 saturated carbocycles. The second-order valence-corrected chi connectivity index (χ2v) is 7.62. The fourth-order valence-electron chi connectivity index (χ4n) is 3.99. The second-order valence-electron chi connectivity index (χ2n) is 7.62. The Morgan fingerprint density at radius 2 is 2.00 bits per heavy atom.